The minimum Gasteiger partial charge on any atom is -0.493 e. The number of hydrogen-bond donors (Lipinski definition) is 2. The first kappa shape index (κ1) is 13.8. The second kappa shape index (κ2) is 7.14. The zero-order valence-corrected chi connectivity index (χ0v) is 10.8. The van der Waals surface area contributed by atoms with Gasteiger partial charge in [0, 0.05) is 12.6 Å². The molecule has 1 rings (SSSR count). The Morgan fingerprint density at radius 1 is 1.24 bits per heavy atom. The van der Waals surface area contributed by atoms with E-state index in [2.05, 4.69) is 11.4 Å². The number of nitrogens with one attached hydrogen (secondary N) is 1. The number of nitrogens with two attached hydrogens (primary N) is 1. The molecule has 1 unspecified atom stereocenters. The molecule has 1 atom stereocenters. The van der Waals surface area contributed by atoms with Crippen molar-refractivity contribution in [1.29, 1.82) is 0 Å². The Hall–Kier alpha value is -1.26. The number of hydrogen-bond acceptors (Lipinski definition) is 4. The number of benzene rings is 1. The fraction of sp³-hybridized carbons (Fsp3) is 0.538. The average molecular weight is 238 g/mol. The van der Waals surface area contributed by atoms with Gasteiger partial charge in [0.15, 0.2) is 11.5 Å². The topological polar surface area (TPSA) is 56.5 Å². The van der Waals surface area contributed by atoms with Gasteiger partial charge in [-0.15, -0.1) is 0 Å². The van der Waals surface area contributed by atoms with Gasteiger partial charge in [-0.25, -0.2) is 0 Å². The molecule has 0 aliphatic rings. The predicted octanol–water partition coefficient (Wildman–Crippen LogP) is 1.18. The van der Waals surface area contributed by atoms with Gasteiger partial charge in [0.2, 0.25) is 0 Å². The zero-order valence-electron chi connectivity index (χ0n) is 10.8. The maximum absolute atomic E-state index is 5.66. The number of ether oxygens (including phenoxy) is 2. The van der Waals surface area contributed by atoms with Gasteiger partial charge in [-0.2, -0.15) is 0 Å². The molecule has 0 heterocycles. The third-order valence-electron chi connectivity index (χ3n) is 2.50. The molecule has 0 saturated carbocycles. The summed E-state index contributed by atoms with van der Waals surface area (Å²) in [6.45, 7) is 3.74. The van der Waals surface area contributed by atoms with Crippen LogP contribution in [0.4, 0.5) is 0 Å². The van der Waals surface area contributed by atoms with E-state index in [1.807, 2.05) is 19.1 Å². The van der Waals surface area contributed by atoms with E-state index in [1.54, 1.807) is 14.2 Å². The molecule has 4 nitrogen and oxygen atoms in total. The number of rotatable bonds is 7. The highest BCUT2D eigenvalue weighted by atomic mass is 16.5. The largest absolute Gasteiger partial charge is 0.493 e. The van der Waals surface area contributed by atoms with Crippen LogP contribution in [0.3, 0.4) is 0 Å². The van der Waals surface area contributed by atoms with Gasteiger partial charge in [0.25, 0.3) is 0 Å². The van der Waals surface area contributed by atoms with Crippen molar-refractivity contribution in [3.63, 3.8) is 0 Å². The van der Waals surface area contributed by atoms with Crippen LogP contribution in [0.2, 0.25) is 0 Å². The smallest absolute Gasteiger partial charge is 0.160 e. The van der Waals surface area contributed by atoms with E-state index in [0.29, 0.717) is 0 Å². The van der Waals surface area contributed by atoms with Gasteiger partial charge >= 0.3 is 0 Å². The minimum absolute atomic E-state index is 0.195. The van der Waals surface area contributed by atoms with E-state index in [-0.39, 0.29) is 6.04 Å². The summed E-state index contributed by atoms with van der Waals surface area (Å²) in [5.41, 5.74) is 6.88. The van der Waals surface area contributed by atoms with Gasteiger partial charge in [0.1, 0.15) is 0 Å². The van der Waals surface area contributed by atoms with Crippen molar-refractivity contribution in [2.45, 2.75) is 19.4 Å². The fourth-order valence-corrected chi connectivity index (χ4v) is 1.60. The Balaban J connectivity index is 2.48. The Bertz CT molecular complexity index is 340. The monoisotopic (exact) mass is 238 g/mol. The lowest BCUT2D eigenvalue weighted by atomic mass is 10.1. The van der Waals surface area contributed by atoms with E-state index >= 15 is 0 Å². The quantitative estimate of drug-likeness (QED) is 0.700. The van der Waals surface area contributed by atoms with Crippen LogP contribution in [0.1, 0.15) is 12.5 Å². The van der Waals surface area contributed by atoms with Crippen LogP contribution in [0.15, 0.2) is 18.2 Å². The van der Waals surface area contributed by atoms with Crippen LogP contribution in [0, 0.1) is 0 Å². The molecule has 96 valence electrons. The molecule has 17 heavy (non-hydrogen) atoms. The molecular formula is C13H22N2O2. The molecule has 0 spiro atoms. The molecule has 0 amide bonds. The average Bonchev–Trinajstić information content (AvgIpc) is 2.34. The van der Waals surface area contributed by atoms with Gasteiger partial charge in [-0.05, 0) is 37.6 Å². The third kappa shape index (κ3) is 4.63. The van der Waals surface area contributed by atoms with E-state index in [0.717, 1.165) is 31.0 Å². The van der Waals surface area contributed by atoms with Crippen molar-refractivity contribution in [3.8, 4) is 11.5 Å². The van der Waals surface area contributed by atoms with E-state index in [4.69, 9.17) is 15.2 Å². The fourth-order valence-electron chi connectivity index (χ4n) is 1.60. The second-order valence-electron chi connectivity index (χ2n) is 4.12. The van der Waals surface area contributed by atoms with Crippen molar-refractivity contribution in [2.75, 3.05) is 27.3 Å². The van der Waals surface area contributed by atoms with Crippen LogP contribution in [-0.2, 0) is 6.42 Å². The van der Waals surface area contributed by atoms with Crippen LogP contribution < -0.4 is 20.5 Å². The Labute approximate surface area is 103 Å². The maximum Gasteiger partial charge on any atom is 0.160 e. The Morgan fingerprint density at radius 3 is 2.53 bits per heavy atom. The summed E-state index contributed by atoms with van der Waals surface area (Å²) < 4.78 is 10.4. The molecule has 0 fully saturated rings. The third-order valence-corrected chi connectivity index (χ3v) is 2.50. The lowest BCUT2D eigenvalue weighted by molar-refractivity contribution is 0.354. The van der Waals surface area contributed by atoms with Crippen LogP contribution >= 0.6 is 0 Å². The van der Waals surface area contributed by atoms with Crippen molar-refractivity contribution < 1.29 is 9.47 Å². The lowest BCUT2D eigenvalue weighted by Crippen LogP contribution is -2.32. The normalized spacial score (nSPS) is 12.2. The SMILES string of the molecule is COc1ccc(CCNCC(C)N)cc1OC. The molecule has 1 aromatic carbocycles. The molecular weight excluding hydrogens is 216 g/mol. The van der Waals surface area contributed by atoms with Gasteiger partial charge in [-0.3, -0.25) is 0 Å². The Morgan fingerprint density at radius 2 is 1.94 bits per heavy atom. The summed E-state index contributed by atoms with van der Waals surface area (Å²) in [5.74, 6) is 1.54. The standard InChI is InChI=1S/C13H22N2O2/c1-10(14)9-15-7-6-11-4-5-12(16-2)13(8-11)17-3/h4-5,8,10,15H,6-7,9,14H2,1-3H3. The van der Waals surface area contributed by atoms with Crippen LogP contribution in [0.25, 0.3) is 0 Å². The molecule has 0 aliphatic carbocycles. The molecule has 0 aliphatic heterocycles. The molecule has 0 saturated heterocycles. The van der Waals surface area contributed by atoms with Gasteiger partial charge in [-0.1, -0.05) is 6.07 Å². The zero-order chi connectivity index (χ0) is 12.7. The van der Waals surface area contributed by atoms with Crippen molar-refractivity contribution in [1.82, 2.24) is 5.32 Å². The summed E-state index contributed by atoms with van der Waals surface area (Å²) in [4.78, 5) is 0. The van der Waals surface area contributed by atoms with Gasteiger partial charge in [0.05, 0.1) is 14.2 Å². The number of methoxy groups -OCH3 is 2. The summed E-state index contributed by atoms with van der Waals surface area (Å²) in [5, 5.41) is 3.30. The molecule has 0 aromatic heterocycles. The first-order chi connectivity index (χ1) is 8.17. The highest BCUT2D eigenvalue weighted by Gasteiger charge is 2.04. The van der Waals surface area contributed by atoms with Crippen LogP contribution in [-0.4, -0.2) is 33.4 Å². The highest BCUT2D eigenvalue weighted by molar-refractivity contribution is 5.42. The summed E-state index contributed by atoms with van der Waals surface area (Å²) in [6, 6.07) is 6.18. The van der Waals surface area contributed by atoms with Crippen molar-refractivity contribution in [2.24, 2.45) is 5.73 Å². The summed E-state index contributed by atoms with van der Waals surface area (Å²) in [7, 11) is 3.29. The maximum atomic E-state index is 5.66. The summed E-state index contributed by atoms with van der Waals surface area (Å²) >= 11 is 0. The van der Waals surface area contributed by atoms with E-state index in [1.165, 1.54) is 5.56 Å². The minimum atomic E-state index is 0.195. The lowest BCUT2D eigenvalue weighted by Gasteiger charge is -2.10. The van der Waals surface area contributed by atoms with Gasteiger partial charge < -0.3 is 20.5 Å². The highest BCUT2D eigenvalue weighted by Crippen LogP contribution is 2.27. The molecule has 1 aromatic rings. The van der Waals surface area contributed by atoms with Crippen LogP contribution in [0.5, 0.6) is 11.5 Å². The molecule has 0 bridgehead atoms. The first-order valence-corrected chi connectivity index (χ1v) is 5.84. The van der Waals surface area contributed by atoms with Crippen molar-refractivity contribution >= 4 is 0 Å². The summed E-state index contributed by atoms with van der Waals surface area (Å²) in [6.07, 6.45) is 0.951. The second-order valence-corrected chi connectivity index (χ2v) is 4.12. The Kier molecular flexibility index (Phi) is 5.80. The van der Waals surface area contributed by atoms with E-state index in [9.17, 15) is 0 Å². The molecule has 4 heteroatoms. The molecule has 3 N–H and O–H groups in total. The van der Waals surface area contributed by atoms with Crippen molar-refractivity contribution in [3.05, 3.63) is 23.8 Å². The predicted molar refractivity (Wildman–Crippen MR) is 69.8 cm³/mol. The molecule has 0 radical (unpaired) electrons. The first-order valence-electron chi connectivity index (χ1n) is 5.84. The van der Waals surface area contributed by atoms with E-state index < -0.39 is 0 Å².